The van der Waals surface area contributed by atoms with Crippen LogP contribution in [0.4, 0.5) is 17.3 Å². The number of unbranched alkanes of at least 4 members (excludes halogenated alkanes) is 1. The minimum Gasteiger partial charge on any atom is -0.370 e. The molecule has 2 aromatic rings. The lowest BCUT2D eigenvalue weighted by atomic mass is 10.2. The molecule has 2 N–H and O–H groups in total. The Morgan fingerprint density at radius 3 is 2.57 bits per heavy atom. The number of nitrogens with zero attached hydrogens (tertiary/aromatic N) is 2. The van der Waals surface area contributed by atoms with Crippen molar-refractivity contribution in [1.29, 1.82) is 0 Å². The van der Waals surface area contributed by atoms with Gasteiger partial charge in [-0.25, -0.2) is 9.97 Å². The van der Waals surface area contributed by atoms with Crippen LogP contribution in [0.25, 0.3) is 0 Å². The van der Waals surface area contributed by atoms with E-state index in [0.717, 1.165) is 40.6 Å². The predicted octanol–water partition coefficient (Wildman–Crippen LogP) is 4.81. The summed E-state index contributed by atoms with van der Waals surface area (Å²) in [6.45, 7) is 7.08. The molecule has 0 radical (unpaired) electrons. The summed E-state index contributed by atoms with van der Waals surface area (Å²) in [7, 11) is 0. The van der Waals surface area contributed by atoms with Crippen LogP contribution in [-0.4, -0.2) is 16.5 Å². The lowest BCUT2D eigenvalue weighted by Gasteiger charge is -2.11. The van der Waals surface area contributed by atoms with Gasteiger partial charge in [0.1, 0.15) is 17.5 Å². The zero-order chi connectivity index (χ0) is 15.2. The van der Waals surface area contributed by atoms with Crippen LogP contribution < -0.4 is 10.6 Å². The summed E-state index contributed by atoms with van der Waals surface area (Å²) in [5, 5.41) is 6.67. The van der Waals surface area contributed by atoms with Gasteiger partial charge >= 0.3 is 0 Å². The summed E-state index contributed by atoms with van der Waals surface area (Å²) in [5.74, 6) is 2.41. The summed E-state index contributed by atoms with van der Waals surface area (Å²) in [4.78, 5) is 8.85. The molecule has 0 saturated heterocycles. The highest BCUT2D eigenvalue weighted by molar-refractivity contribution is 9.10. The monoisotopic (exact) mass is 348 g/mol. The van der Waals surface area contributed by atoms with Gasteiger partial charge in [0, 0.05) is 17.1 Å². The molecule has 0 unspecified atom stereocenters. The van der Waals surface area contributed by atoms with Crippen LogP contribution >= 0.6 is 15.9 Å². The van der Waals surface area contributed by atoms with Crippen molar-refractivity contribution in [3.05, 3.63) is 40.1 Å². The van der Waals surface area contributed by atoms with E-state index in [1.807, 2.05) is 19.1 Å². The van der Waals surface area contributed by atoms with E-state index in [9.17, 15) is 0 Å². The lowest BCUT2D eigenvalue weighted by molar-refractivity contribution is 0.829. The molecule has 0 amide bonds. The largest absolute Gasteiger partial charge is 0.370 e. The standard InChI is InChI=1S/C16H21BrN4/c1-4-5-8-18-15-10-16(20-12(3)19-15)21-14-7-6-11(2)9-13(14)17/h6-7,9-10H,4-5,8H2,1-3H3,(H2,18,19,20,21). The van der Waals surface area contributed by atoms with Crippen LogP contribution in [0, 0.1) is 13.8 Å². The van der Waals surface area contributed by atoms with Crippen molar-refractivity contribution >= 4 is 33.3 Å². The number of nitrogens with one attached hydrogen (secondary N) is 2. The van der Waals surface area contributed by atoms with Crippen LogP contribution in [0.1, 0.15) is 31.2 Å². The van der Waals surface area contributed by atoms with Crippen LogP contribution in [0.3, 0.4) is 0 Å². The Kier molecular flexibility index (Phi) is 5.56. The number of halogens is 1. The number of anilines is 3. The number of hydrogen-bond donors (Lipinski definition) is 2. The third-order valence-corrected chi connectivity index (χ3v) is 3.72. The molecule has 5 heteroatoms. The van der Waals surface area contributed by atoms with Gasteiger partial charge in [-0.15, -0.1) is 0 Å². The molecule has 0 spiro atoms. The maximum absolute atomic E-state index is 4.44. The van der Waals surface area contributed by atoms with Gasteiger partial charge in [-0.2, -0.15) is 0 Å². The molecule has 0 bridgehead atoms. The normalized spacial score (nSPS) is 10.5. The van der Waals surface area contributed by atoms with Crippen LogP contribution in [0.2, 0.25) is 0 Å². The molecule has 1 aromatic heterocycles. The summed E-state index contributed by atoms with van der Waals surface area (Å²) in [6.07, 6.45) is 2.30. The Morgan fingerprint density at radius 1 is 1.10 bits per heavy atom. The van der Waals surface area contributed by atoms with Gasteiger partial charge in [-0.1, -0.05) is 19.4 Å². The van der Waals surface area contributed by atoms with Crippen molar-refractivity contribution in [3.63, 3.8) is 0 Å². The van der Waals surface area contributed by atoms with Crippen LogP contribution in [0.15, 0.2) is 28.7 Å². The molecule has 0 atom stereocenters. The fraction of sp³-hybridized carbons (Fsp3) is 0.375. The van der Waals surface area contributed by atoms with Gasteiger partial charge in [0.15, 0.2) is 0 Å². The Hall–Kier alpha value is -1.62. The molecule has 0 saturated carbocycles. The fourth-order valence-corrected chi connectivity index (χ4v) is 2.57. The zero-order valence-electron chi connectivity index (χ0n) is 12.7. The van der Waals surface area contributed by atoms with Crippen molar-refractivity contribution in [3.8, 4) is 0 Å². The number of aryl methyl sites for hydroxylation is 2. The Labute approximate surface area is 134 Å². The fourth-order valence-electron chi connectivity index (χ4n) is 1.98. The third-order valence-electron chi connectivity index (χ3n) is 3.06. The first-order chi connectivity index (χ1) is 10.1. The smallest absolute Gasteiger partial charge is 0.136 e. The average molecular weight is 349 g/mol. The molecule has 0 aliphatic heterocycles. The van der Waals surface area contributed by atoms with Gasteiger partial charge in [0.25, 0.3) is 0 Å². The Morgan fingerprint density at radius 2 is 1.86 bits per heavy atom. The van der Waals surface area contributed by atoms with Crippen molar-refractivity contribution in [2.45, 2.75) is 33.6 Å². The van der Waals surface area contributed by atoms with Crippen LogP contribution in [-0.2, 0) is 0 Å². The van der Waals surface area contributed by atoms with Crippen molar-refractivity contribution < 1.29 is 0 Å². The van der Waals surface area contributed by atoms with Gasteiger partial charge in [-0.05, 0) is 53.9 Å². The maximum atomic E-state index is 4.44. The molecule has 112 valence electrons. The number of benzene rings is 1. The highest BCUT2D eigenvalue weighted by Crippen LogP contribution is 2.26. The molecular formula is C16H21BrN4. The first-order valence-corrected chi connectivity index (χ1v) is 8.00. The number of hydrogen-bond acceptors (Lipinski definition) is 4. The molecule has 0 fully saturated rings. The molecule has 21 heavy (non-hydrogen) atoms. The first kappa shape index (κ1) is 15.8. The minimum atomic E-state index is 0.752. The van der Waals surface area contributed by atoms with Crippen molar-refractivity contribution in [2.24, 2.45) is 0 Å². The summed E-state index contributed by atoms with van der Waals surface area (Å²) < 4.78 is 1.03. The van der Waals surface area contributed by atoms with E-state index in [1.54, 1.807) is 0 Å². The van der Waals surface area contributed by atoms with E-state index in [2.05, 4.69) is 62.5 Å². The highest BCUT2D eigenvalue weighted by atomic mass is 79.9. The quantitative estimate of drug-likeness (QED) is 0.735. The molecule has 2 rings (SSSR count). The lowest BCUT2D eigenvalue weighted by Crippen LogP contribution is -2.06. The van der Waals surface area contributed by atoms with E-state index in [1.165, 1.54) is 12.0 Å². The highest BCUT2D eigenvalue weighted by Gasteiger charge is 2.05. The average Bonchev–Trinajstić information content (AvgIpc) is 2.42. The van der Waals surface area contributed by atoms with E-state index < -0.39 is 0 Å². The SMILES string of the molecule is CCCCNc1cc(Nc2ccc(C)cc2Br)nc(C)n1. The van der Waals surface area contributed by atoms with E-state index in [0.29, 0.717) is 0 Å². The first-order valence-electron chi connectivity index (χ1n) is 7.21. The van der Waals surface area contributed by atoms with Gasteiger partial charge in [0.2, 0.25) is 0 Å². The van der Waals surface area contributed by atoms with Crippen LogP contribution in [0.5, 0.6) is 0 Å². The topological polar surface area (TPSA) is 49.8 Å². The maximum Gasteiger partial charge on any atom is 0.136 e. The predicted molar refractivity (Wildman–Crippen MR) is 92.3 cm³/mol. The molecule has 1 heterocycles. The van der Waals surface area contributed by atoms with E-state index >= 15 is 0 Å². The van der Waals surface area contributed by atoms with Gasteiger partial charge in [0.05, 0.1) is 5.69 Å². The van der Waals surface area contributed by atoms with E-state index in [4.69, 9.17) is 0 Å². The molecule has 4 nitrogen and oxygen atoms in total. The second kappa shape index (κ2) is 7.41. The molecule has 1 aromatic carbocycles. The summed E-state index contributed by atoms with van der Waals surface area (Å²) >= 11 is 3.57. The second-order valence-corrected chi connectivity index (χ2v) is 5.93. The summed E-state index contributed by atoms with van der Waals surface area (Å²) in [5.41, 5.74) is 2.21. The van der Waals surface area contributed by atoms with Gasteiger partial charge < -0.3 is 10.6 Å². The van der Waals surface area contributed by atoms with Gasteiger partial charge in [-0.3, -0.25) is 0 Å². The van der Waals surface area contributed by atoms with Crippen molar-refractivity contribution in [2.75, 3.05) is 17.2 Å². The summed E-state index contributed by atoms with van der Waals surface area (Å²) in [6, 6.07) is 8.13. The molecular weight excluding hydrogens is 328 g/mol. The number of rotatable bonds is 6. The molecule has 0 aliphatic rings. The third kappa shape index (κ3) is 4.70. The Bertz CT molecular complexity index is 613. The zero-order valence-corrected chi connectivity index (χ0v) is 14.3. The minimum absolute atomic E-state index is 0.752. The second-order valence-electron chi connectivity index (χ2n) is 5.07. The van der Waals surface area contributed by atoms with Crippen molar-refractivity contribution in [1.82, 2.24) is 9.97 Å². The molecule has 0 aliphatic carbocycles. The number of aromatic nitrogens is 2. The van der Waals surface area contributed by atoms with E-state index in [-0.39, 0.29) is 0 Å². The Balaban J connectivity index is 2.15.